The zero-order valence-electron chi connectivity index (χ0n) is 11.0. The summed E-state index contributed by atoms with van der Waals surface area (Å²) >= 11 is 0. The Labute approximate surface area is 107 Å². The molecule has 0 amide bonds. The Bertz CT molecular complexity index is 525. The molecule has 0 radical (unpaired) electrons. The molecule has 1 aliphatic heterocycles. The van der Waals surface area contributed by atoms with Crippen LogP contribution < -0.4 is 0 Å². The molecular formula is C13H19N5. The fourth-order valence-electron chi connectivity index (χ4n) is 2.71. The molecule has 1 fully saturated rings. The Morgan fingerprint density at radius 2 is 2.06 bits per heavy atom. The summed E-state index contributed by atoms with van der Waals surface area (Å²) in [6, 6.07) is 3.12. The summed E-state index contributed by atoms with van der Waals surface area (Å²) in [6.07, 6.45) is 5.89. The number of rotatable bonds is 2. The number of likely N-dealkylation sites (tertiary alicyclic amines) is 1. The predicted molar refractivity (Wildman–Crippen MR) is 70.3 cm³/mol. The van der Waals surface area contributed by atoms with Gasteiger partial charge >= 0.3 is 0 Å². The molecule has 0 atom stereocenters. The largest absolute Gasteiger partial charge is 0.301 e. The molecule has 2 aromatic rings. The highest BCUT2D eigenvalue weighted by atomic mass is 15.4. The lowest BCUT2D eigenvalue weighted by molar-refractivity contribution is 0.148. The van der Waals surface area contributed by atoms with E-state index in [1.165, 1.54) is 0 Å². The molecule has 5 nitrogen and oxygen atoms in total. The van der Waals surface area contributed by atoms with Crippen molar-refractivity contribution in [3.05, 3.63) is 18.5 Å². The van der Waals surface area contributed by atoms with Crippen LogP contribution in [0.2, 0.25) is 0 Å². The normalized spacial score (nSPS) is 18.8. The summed E-state index contributed by atoms with van der Waals surface area (Å²) in [4.78, 5) is 6.61. The summed E-state index contributed by atoms with van der Waals surface area (Å²) in [7, 11) is 0. The van der Waals surface area contributed by atoms with Crippen LogP contribution in [0.3, 0.4) is 0 Å². The molecule has 0 aliphatic carbocycles. The highest BCUT2D eigenvalue weighted by Gasteiger charge is 2.23. The molecule has 96 valence electrons. The maximum atomic E-state index is 4.30. The monoisotopic (exact) mass is 245 g/mol. The fraction of sp³-hybridized carbons (Fsp3) is 0.615. The Hall–Kier alpha value is -1.49. The maximum Gasteiger partial charge on any atom is 0.131 e. The number of hydrogen-bond acceptors (Lipinski definition) is 4. The van der Waals surface area contributed by atoms with E-state index in [4.69, 9.17) is 0 Å². The van der Waals surface area contributed by atoms with Gasteiger partial charge in [-0.3, -0.25) is 4.98 Å². The van der Waals surface area contributed by atoms with Crippen LogP contribution in [0.1, 0.15) is 32.7 Å². The standard InChI is InChI=1S/C13H19N5/c1-10(2)17-7-4-11(5-8-17)18-13-3-6-14-9-12(13)15-16-18/h3,6,9-11H,4-5,7-8H2,1-2H3. The van der Waals surface area contributed by atoms with Crippen LogP contribution in [0.15, 0.2) is 18.5 Å². The first-order chi connectivity index (χ1) is 8.75. The molecule has 0 saturated carbocycles. The number of fused-ring (bicyclic) bond motifs is 1. The minimum absolute atomic E-state index is 0.479. The van der Waals surface area contributed by atoms with Crippen LogP contribution in [0.25, 0.3) is 11.0 Å². The van der Waals surface area contributed by atoms with E-state index in [0.717, 1.165) is 37.0 Å². The molecule has 3 heterocycles. The molecule has 1 saturated heterocycles. The van der Waals surface area contributed by atoms with E-state index in [0.29, 0.717) is 12.1 Å². The summed E-state index contributed by atoms with van der Waals surface area (Å²) in [5, 5.41) is 8.48. The first-order valence-corrected chi connectivity index (χ1v) is 6.64. The topological polar surface area (TPSA) is 46.8 Å². The van der Waals surface area contributed by atoms with Crippen molar-refractivity contribution in [2.75, 3.05) is 13.1 Å². The average molecular weight is 245 g/mol. The lowest BCUT2D eigenvalue weighted by atomic mass is 10.0. The first-order valence-electron chi connectivity index (χ1n) is 6.64. The van der Waals surface area contributed by atoms with Gasteiger partial charge in [-0.15, -0.1) is 5.10 Å². The molecule has 1 aliphatic rings. The Morgan fingerprint density at radius 1 is 1.28 bits per heavy atom. The van der Waals surface area contributed by atoms with Gasteiger partial charge in [-0.05, 0) is 32.8 Å². The summed E-state index contributed by atoms with van der Waals surface area (Å²) in [6.45, 7) is 6.82. The van der Waals surface area contributed by atoms with Gasteiger partial charge in [0.15, 0.2) is 0 Å². The van der Waals surface area contributed by atoms with Gasteiger partial charge in [0.1, 0.15) is 5.52 Å². The molecule has 0 unspecified atom stereocenters. The maximum absolute atomic E-state index is 4.30. The first kappa shape index (κ1) is 11.6. The third-order valence-electron chi connectivity index (χ3n) is 3.85. The van der Waals surface area contributed by atoms with Crippen LogP contribution in [-0.2, 0) is 0 Å². The number of hydrogen-bond donors (Lipinski definition) is 0. The Morgan fingerprint density at radius 3 is 2.78 bits per heavy atom. The van der Waals surface area contributed by atoms with Crippen LogP contribution in [0.4, 0.5) is 0 Å². The molecule has 18 heavy (non-hydrogen) atoms. The molecule has 3 rings (SSSR count). The quantitative estimate of drug-likeness (QED) is 0.810. The fourth-order valence-corrected chi connectivity index (χ4v) is 2.71. The molecular weight excluding hydrogens is 226 g/mol. The van der Waals surface area contributed by atoms with Crippen molar-refractivity contribution in [1.82, 2.24) is 24.9 Å². The molecule has 0 N–H and O–H groups in total. The van der Waals surface area contributed by atoms with Gasteiger partial charge in [-0.1, -0.05) is 5.21 Å². The molecule has 0 aromatic carbocycles. The smallest absolute Gasteiger partial charge is 0.131 e. The van der Waals surface area contributed by atoms with E-state index in [1.807, 2.05) is 12.3 Å². The van der Waals surface area contributed by atoms with E-state index < -0.39 is 0 Å². The SMILES string of the molecule is CC(C)N1CCC(n2nnc3cnccc32)CC1. The highest BCUT2D eigenvalue weighted by Crippen LogP contribution is 2.25. The Balaban J connectivity index is 1.80. The van der Waals surface area contributed by atoms with Gasteiger partial charge in [0.25, 0.3) is 0 Å². The number of pyridine rings is 1. The molecule has 0 spiro atoms. The van der Waals surface area contributed by atoms with E-state index in [-0.39, 0.29) is 0 Å². The van der Waals surface area contributed by atoms with Crippen LogP contribution >= 0.6 is 0 Å². The summed E-state index contributed by atoms with van der Waals surface area (Å²) in [5.41, 5.74) is 2.00. The third kappa shape index (κ3) is 1.99. The minimum Gasteiger partial charge on any atom is -0.301 e. The third-order valence-corrected chi connectivity index (χ3v) is 3.85. The van der Waals surface area contributed by atoms with Crippen LogP contribution in [0, 0.1) is 0 Å². The van der Waals surface area contributed by atoms with Gasteiger partial charge in [0.2, 0.25) is 0 Å². The second-order valence-electron chi connectivity index (χ2n) is 5.26. The van der Waals surface area contributed by atoms with Crippen molar-refractivity contribution in [2.45, 2.75) is 38.8 Å². The van der Waals surface area contributed by atoms with Gasteiger partial charge in [0.05, 0.1) is 17.8 Å². The minimum atomic E-state index is 0.479. The molecule has 5 heteroatoms. The van der Waals surface area contributed by atoms with Gasteiger partial charge in [-0.2, -0.15) is 0 Å². The predicted octanol–water partition coefficient (Wildman–Crippen LogP) is 1.87. The van der Waals surface area contributed by atoms with Crippen LogP contribution in [0.5, 0.6) is 0 Å². The van der Waals surface area contributed by atoms with E-state index >= 15 is 0 Å². The molecule has 0 bridgehead atoms. The van der Waals surface area contributed by atoms with Gasteiger partial charge < -0.3 is 4.90 Å². The summed E-state index contributed by atoms with van der Waals surface area (Å²) in [5.74, 6) is 0. The van der Waals surface area contributed by atoms with Crippen molar-refractivity contribution < 1.29 is 0 Å². The number of aromatic nitrogens is 4. The highest BCUT2D eigenvalue weighted by molar-refractivity contribution is 5.72. The second-order valence-corrected chi connectivity index (χ2v) is 5.26. The number of nitrogens with zero attached hydrogens (tertiary/aromatic N) is 5. The van der Waals surface area contributed by atoms with E-state index in [2.05, 4.69) is 38.7 Å². The van der Waals surface area contributed by atoms with Crippen molar-refractivity contribution in [2.24, 2.45) is 0 Å². The lowest BCUT2D eigenvalue weighted by Gasteiger charge is -2.34. The second kappa shape index (κ2) is 4.65. The lowest BCUT2D eigenvalue weighted by Crippen LogP contribution is -2.39. The van der Waals surface area contributed by atoms with Crippen molar-refractivity contribution >= 4 is 11.0 Å². The summed E-state index contributed by atoms with van der Waals surface area (Å²) < 4.78 is 2.08. The number of piperidine rings is 1. The van der Waals surface area contributed by atoms with Crippen molar-refractivity contribution in [3.63, 3.8) is 0 Å². The molecule has 2 aromatic heterocycles. The zero-order valence-corrected chi connectivity index (χ0v) is 11.0. The zero-order chi connectivity index (χ0) is 12.5. The van der Waals surface area contributed by atoms with Crippen molar-refractivity contribution in [3.8, 4) is 0 Å². The Kier molecular flexibility index (Phi) is 2.99. The van der Waals surface area contributed by atoms with Crippen LogP contribution in [-0.4, -0.2) is 44.0 Å². The van der Waals surface area contributed by atoms with Gasteiger partial charge in [-0.25, -0.2) is 4.68 Å². The van der Waals surface area contributed by atoms with E-state index in [9.17, 15) is 0 Å². The van der Waals surface area contributed by atoms with Gasteiger partial charge in [0, 0.05) is 25.3 Å². The van der Waals surface area contributed by atoms with E-state index in [1.54, 1.807) is 6.20 Å². The average Bonchev–Trinajstić information content (AvgIpc) is 2.82. The van der Waals surface area contributed by atoms with Crippen molar-refractivity contribution in [1.29, 1.82) is 0 Å².